The average molecular weight is 678 g/mol. The number of benzene rings is 2. The molecule has 1 aliphatic rings. The molecule has 256 valence electrons. The van der Waals surface area contributed by atoms with Crippen molar-refractivity contribution in [3.8, 4) is 11.5 Å². The van der Waals surface area contributed by atoms with Gasteiger partial charge in [0.2, 0.25) is 0 Å². The van der Waals surface area contributed by atoms with E-state index in [-0.39, 0.29) is 47.8 Å². The highest BCUT2D eigenvalue weighted by molar-refractivity contribution is 6.21. The van der Waals surface area contributed by atoms with E-state index in [2.05, 4.69) is 49.8 Å². The zero-order chi connectivity index (χ0) is 32.0. The van der Waals surface area contributed by atoms with Gasteiger partial charge in [0, 0.05) is 48.5 Å². The van der Waals surface area contributed by atoms with Crippen LogP contribution in [0.25, 0.3) is 0 Å². The normalized spacial score (nSPS) is 15.1. The van der Waals surface area contributed by atoms with Crippen molar-refractivity contribution in [1.82, 2.24) is 0 Å². The summed E-state index contributed by atoms with van der Waals surface area (Å²) in [6.45, 7) is 17.4. The molecular weight excluding hydrogens is 623 g/mol. The number of allylic oxidation sites excluding steroid dienone is 2. The van der Waals surface area contributed by atoms with Crippen molar-refractivity contribution in [2.45, 2.75) is 53.6 Å². The minimum atomic E-state index is -0.243. The summed E-state index contributed by atoms with van der Waals surface area (Å²) in [5.41, 5.74) is 2.85. The van der Waals surface area contributed by atoms with Crippen LogP contribution in [0.15, 0.2) is 82.2 Å². The van der Waals surface area contributed by atoms with Gasteiger partial charge in [0.15, 0.2) is 0 Å². The van der Waals surface area contributed by atoms with Crippen molar-refractivity contribution in [3.63, 3.8) is 0 Å². The quantitative estimate of drug-likeness (QED) is 0.125. The van der Waals surface area contributed by atoms with Crippen LogP contribution in [0.4, 0.5) is 0 Å². The van der Waals surface area contributed by atoms with E-state index >= 15 is 0 Å². The largest absolute Gasteiger partial charge is 0.871 e. The molecule has 0 spiro atoms. The third kappa shape index (κ3) is 11.0. The molecule has 0 saturated carbocycles. The summed E-state index contributed by atoms with van der Waals surface area (Å²) in [5.74, 6) is 1.33. The van der Waals surface area contributed by atoms with Gasteiger partial charge in [-0.1, -0.05) is 35.8 Å². The number of ether oxygens (including phenoxy) is 2. The Morgan fingerprint density at radius 1 is 0.587 bits per heavy atom. The van der Waals surface area contributed by atoms with Gasteiger partial charge >= 0.3 is 0 Å². The summed E-state index contributed by atoms with van der Waals surface area (Å²) < 4.78 is 13.0. The highest BCUT2D eigenvalue weighted by Crippen LogP contribution is 2.25. The second-order valence-electron chi connectivity index (χ2n) is 11.6. The molecule has 0 N–H and O–H groups in total. The number of hydrogen-bond donors (Lipinski definition) is 0. The highest BCUT2D eigenvalue weighted by Gasteiger charge is 2.26. The minimum absolute atomic E-state index is 0. The fourth-order valence-corrected chi connectivity index (χ4v) is 6.07. The molecule has 0 atom stereocenters. The van der Waals surface area contributed by atoms with Gasteiger partial charge in [0.1, 0.15) is 24.6 Å². The van der Waals surface area contributed by atoms with Gasteiger partial charge in [-0.15, -0.1) is 24.8 Å². The third-order valence-electron chi connectivity index (χ3n) is 9.27. The van der Waals surface area contributed by atoms with Crippen LogP contribution in [0.1, 0.15) is 51.7 Å². The molecule has 0 saturated heterocycles. The van der Waals surface area contributed by atoms with Crippen molar-refractivity contribution >= 4 is 36.2 Å². The number of rotatable bonds is 18. The number of methoxy groups -OCH3 is 2. The van der Waals surface area contributed by atoms with Gasteiger partial charge in [-0.2, -0.15) is 0 Å². The van der Waals surface area contributed by atoms with Crippen molar-refractivity contribution in [2.75, 3.05) is 66.6 Å². The minimum Gasteiger partial charge on any atom is -0.871 e. The summed E-state index contributed by atoms with van der Waals surface area (Å²) >= 11 is 0. The maximum atomic E-state index is 12.8. The van der Waals surface area contributed by atoms with Crippen LogP contribution in [-0.4, -0.2) is 87.0 Å². The van der Waals surface area contributed by atoms with Crippen molar-refractivity contribution < 1.29 is 28.7 Å². The lowest BCUT2D eigenvalue weighted by molar-refractivity contribution is -0.937. The maximum Gasteiger partial charge on any atom is 0.127 e. The molecule has 8 nitrogen and oxygen atoms in total. The third-order valence-corrected chi connectivity index (χ3v) is 9.27. The highest BCUT2D eigenvalue weighted by atomic mass is 35.5. The maximum absolute atomic E-state index is 12.8. The first-order chi connectivity index (χ1) is 21.3. The van der Waals surface area contributed by atoms with Crippen LogP contribution < -0.4 is 19.7 Å². The number of hydrogen-bond acceptors (Lipinski definition) is 6. The Labute approximate surface area is 289 Å². The van der Waals surface area contributed by atoms with Crippen LogP contribution >= 0.6 is 24.8 Å². The van der Waals surface area contributed by atoms with Crippen molar-refractivity contribution in [2.24, 2.45) is 9.98 Å². The number of nitrogens with zero attached hydrogens (tertiary/aromatic N) is 4. The van der Waals surface area contributed by atoms with Gasteiger partial charge in [-0.25, -0.2) is 0 Å². The van der Waals surface area contributed by atoms with E-state index in [0.29, 0.717) is 13.1 Å². The fourth-order valence-electron chi connectivity index (χ4n) is 6.07. The van der Waals surface area contributed by atoms with Crippen LogP contribution in [-0.2, 0) is 13.1 Å². The molecular formula is C36H54Cl2N4O4. The van der Waals surface area contributed by atoms with E-state index in [0.717, 1.165) is 85.7 Å². The molecule has 0 amide bonds. The van der Waals surface area contributed by atoms with Crippen LogP contribution in [0, 0.1) is 0 Å². The Bertz CT molecular complexity index is 1230. The smallest absolute Gasteiger partial charge is 0.127 e. The Kier molecular flexibility index (Phi) is 18.0. The monoisotopic (exact) mass is 676 g/mol. The van der Waals surface area contributed by atoms with E-state index < -0.39 is 0 Å². The van der Waals surface area contributed by atoms with Gasteiger partial charge < -0.3 is 28.7 Å². The molecule has 0 heterocycles. The van der Waals surface area contributed by atoms with E-state index in [1.165, 1.54) is 23.3 Å². The molecule has 0 radical (unpaired) electrons. The zero-order valence-electron chi connectivity index (χ0n) is 28.5. The van der Waals surface area contributed by atoms with Gasteiger partial charge in [-0.05, 0) is 64.1 Å². The number of aliphatic imine (C=N–C) groups is 2. The van der Waals surface area contributed by atoms with E-state index in [1.807, 2.05) is 36.4 Å². The van der Waals surface area contributed by atoms with E-state index in [9.17, 15) is 10.2 Å². The summed E-state index contributed by atoms with van der Waals surface area (Å²) in [7, 11) is 3.42. The lowest BCUT2D eigenvalue weighted by Gasteiger charge is -2.37. The average Bonchev–Trinajstić information content (AvgIpc) is 3.06. The second-order valence-corrected chi connectivity index (χ2v) is 11.6. The van der Waals surface area contributed by atoms with Crippen LogP contribution in [0.2, 0.25) is 0 Å². The lowest BCUT2D eigenvalue weighted by Crippen LogP contribution is -2.47. The molecule has 2 aromatic rings. The molecule has 0 aliphatic heterocycles. The first-order valence-electron chi connectivity index (χ1n) is 16.1. The van der Waals surface area contributed by atoms with Crippen molar-refractivity contribution in [1.29, 1.82) is 0 Å². The Morgan fingerprint density at radius 2 is 0.935 bits per heavy atom. The SMILES string of the molecule is CC[N+](CC)(CCCN=C1C=C([O-])C(=NCCC[N+](CC)(CC)Cc2ccccc2OC)C=C1[O-])Cc1ccccc1OC.Cl.Cl. The second kappa shape index (κ2) is 20.3. The topological polar surface area (TPSA) is 89.3 Å². The van der Waals surface area contributed by atoms with E-state index in [4.69, 9.17) is 9.47 Å². The molecule has 1 aliphatic carbocycles. The molecule has 0 fully saturated rings. The molecule has 10 heteroatoms. The van der Waals surface area contributed by atoms with Gasteiger partial charge in [0.25, 0.3) is 0 Å². The predicted octanol–water partition coefficient (Wildman–Crippen LogP) is 5.13. The van der Waals surface area contributed by atoms with Gasteiger partial charge in [0.05, 0.1) is 53.5 Å². The van der Waals surface area contributed by atoms with Crippen LogP contribution in [0.3, 0.4) is 0 Å². The predicted molar refractivity (Wildman–Crippen MR) is 190 cm³/mol. The first-order valence-corrected chi connectivity index (χ1v) is 16.1. The number of quaternary nitrogens is 2. The summed E-state index contributed by atoms with van der Waals surface area (Å²) in [5, 5.41) is 25.7. The Hall–Kier alpha value is -3.04. The number of halogens is 2. The Balaban J connectivity index is 0.00000529. The molecule has 0 aromatic heterocycles. The van der Waals surface area contributed by atoms with Crippen molar-refractivity contribution in [3.05, 3.63) is 83.3 Å². The zero-order valence-corrected chi connectivity index (χ0v) is 30.1. The Morgan fingerprint density at radius 3 is 1.26 bits per heavy atom. The first kappa shape index (κ1) is 41.0. The number of para-hydroxylation sites is 2. The molecule has 3 rings (SSSR count). The molecule has 0 unspecified atom stereocenters. The molecule has 0 bridgehead atoms. The molecule has 46 heavy (non-hydrogen) atoms. The summed E-state index contributed by atoms with van der Waals surface area (Å²) in [4.78, 5) is 9.05. The summed E-state index contributed by atoms with van der Waals surface area (Å²) in [6.07, 6.45) is 4.36. The van der Waals surface area contributed by atoms with Crippen LogP contribution in [0.5, 0.6) is 11.5 Å². The fraction of sp³-hybridized carbons (Fsp3) is 0.500. The molecule has 2 aromatic carbocycles. The summed E-state index contributed by atoms with van der Waals surface area (Å²) in [6, 6.07) is 16.3. The standard InChI is InChI=1S/C36H52N4O4.2ClH/c1-7-39(8-2,27-29-17-11-13-19-35(29)43-5)23-15-21-37-31-25-34(42)32(26-33(31)41)38-22-16-24-40(9-3,10-4)28-30-18-12-14-20-36(30)44-6;;/h11-14,17-20,25-26H,7-10,15-16,21-24,27-28H2,1-6H3;2*1H. The van der Waals surface area contributed by atoms with E-state index in [1.54, 1.807) is 14.2 Å². The lowest BCUT2D eigenvalue weighted by atomic mass is 10.1. The van der Waals surface area contributed by atoms with Gasteiger partial charge in [-0.3, -0.25) is 9.98 Å².